The Hall–Kier alpha value is -5.20. The lowest BCUT2D eigenvalue weighted by molar-refractivity contribution is -0.111. The molecule has 0 radical (unpaired) electrons. The van der Waals surface area contributed by atoms with E-state index in [0.29, 0.717) is 22.5 Å². The molecule has 2 aromatic carbocycles. The predicted molar refractivity (Wildman–Crippen MR) is 173 cm³/mol. The van der Waals surface area contributed by atoms with Gasteiger partial charge in [-0.15, -0.1) is 0 Å². The number of carbonyl (C=O) groups is 1. The number of fused-ring (bicyclic) bond motifs is 1. The molecule has 0 aliphatic rings. The summed E-state index contributed by atoms with van der Waals surface area (Å²) in [5.74, 6) is -0.284. The van der Waals surface area contributed by atoms with E-state index < -0.39 is 0 Å². The molecule has 9 heteroatoms. The summed E-state index contributed by atoms with van der Waals surface area (Å²) in [4.78, 5) is 28.9. The lowest BCUT2D eigenvalue weighted by Crippen LogP contribution is -2.28. The average Bonchev–Trinajstić information content (AvgIpc) is 3.38. The standard InChI is InChI=1S/C33H36N8O/c1-7-30(42)38-29-17-23(9-8-21(29)2)31-26-16-24(27(20-36-3)28(35)18-34)19-37-33(26)39-32(31)22-10-12-25(13-11-22)41(6)15-14-40(4)5/h7-13,16-17,19-20H,1,14-15,35H2,2-6H3,(H,37,39)(H,38,42)/b28-27+,36-20?. The van der Waals surface area contributed by atoms with Crippen LogP contribution in [0.25, 0.3) is 39.0 Å². The second-order valence-electron chi connectivity index (χ2n) is 10.3. The van der Waals surface area contributed by atoms with Gasteiger partial charge in [0.1, 0.15) is 17.4 Å². The quantitative estimate of drug-likeness (QED) is 0.139. The molecule has 1 amide bonds. The van der Waals surface area contributed by atoms with Gasteiger partial charge in [-0.2, -0.15) is 5.26 Å². The molecule has 0 saturated carbocycles. The van der Waals surface area contributed by atoms with Crippen molar-refractivity contribution in [3.05, 3.63) is 84.2 Å². The second-order valence-corrected chi connectivity index (χ2v) is 10.3. The summed E-state index contributed by atoms with van der Waals surface area (Å²) in [6, 6.07) is 18.3. The van der Waals surface area contributed by atoms with Crippen molar-refractivity contribution in [2.75, 3.05) is 51.5 Å². The number of H-pyrrole nitrogens is 1. The van der Waals surface area contributed by atoms with Crippen LogP contribution in [-0.2, 0) is 4.79 Å². The number of nitriles is 1. The minimum atomic E-state index is -0.284. The molecule has 214 valence electrons. The zero-order valence-electron chi connectivity index (χ0n) is 24.7. The van der Waals surface area contributed by atoms with E-state index in [1.165, 1.54) is 6.08 Å². The molecular weight excluding hydrogens is 524 g/mol. The average molecular weight is 561 g/mol. The Morgan fingerprint density at radius 1 is 1.14 bits per heavy atom. The Morgan fingerprint density at radius 2 is 1.86 bits per heavy atom. The number of carbonyl (C=O) groups excluding carboxylic acids is 1. The van der Waals surface area contributed by atoms with Gasteiger partial charge in [0.15, 0.2) is 0 Å². The number of nitrogens with two attached hydrogens (primary N) is 1. The number of aromatic nitrogens is 2. The molecule has 0 aliphatic carbocycles. The van der Waals surface area contributed by atoms with Gasteiger partial charge in [-0.25, -0.2) is 4.98 Å². The molecule has 9 nitrogen and oxygen atoms in total. The van der Waals surface area contributed by atoms with E-state index in [4.69, 9.17) is 10.7 Å². The summed E-state index contributed by atoms with van der Waals surface area (Å²) >= 11 is 0. The zero-order chi connectivity index (χ0) is 30.4. The number of allylic oxidation sites excluding steroid dienone is 2. The molecule has 0 atom stereocenters. The molecule has 2 aromatic heterocycles. The maximum atomic E-state index is 12.2. The first kappa shape index (κ1) is 29.8. The molecule has 0 saturated heterocycles. The van der Waals surface area contributed by atoms with Gasteiger partial charge in [-0.3, -0.25) is 9.79 Å². The number of rotatable bonds is 10. The SMILES string of the molecule is C=CC(=O)Nc1cc(-c2c(-c3ccc(N(C)CCN(C)C)cc3)[nH]c3ncc(/C(C=NC)=C(/N)C#N)cc23)ccc1C. The van der Waals surface area contributed by atoms with Crippen LogP contribution in [0.5, 0.6) is 0 Å². The number of nitrogens with one attached hydrogen (secondary N) is 2. The van der Waals surface area contributed by atoms with Crippen LogP contribution in [0, 0.1) is 18.3 Å². The number of anilines is 2. The molecule has 0 fully saturated rings. The zero-order valence-corrected chi connectivity index (χ0v) is 24.7. The number of hydrogen-bond acceptors (Lipinski definition) is 7. The number of hydrogen-bond donors (Lipinski definition) is 3. The fraction of sp³-hybridized carbons (Fsp3) is 0.212. The summed E-state index contributed by atoms with van der Waals surface area (Å²) in [6.45, 7) is 7.37. The summed E-state index contributed by atoms with van der Waals surface area (Å²) in [5, 5.41) is 13.2. The number of benzene rings is 2. The van der Waals surface area contributed by atoms with Gasteiger partial charge in [0.05, 0.1) is 5.69 Å². The van der Waals surface area contributed by atoms with Crippen LogP contribution in [0.15, 0.2) is 78.1 Å². The van der Waals surface area contributed by atoms with E-state index in [1.807, 2.05) is 37.3 Å². The molecular formula is C33H36N8O. The maximum Gasteiger partial charge on any atom is 0.247 e. The van der Waals surface area contributed by atoms with E-state index >= 15 is 0 Å². The van der Waals surface area contributed by atoms with Crippen LogP contribution in [0.3, 0.4) is 0 Å². The number of amides is 1. The number of aromatic amines is 1. The molecule has 2 heterocycles. The third-order valence-electron chi connectivity index (χ3n) is 7.08. The summed E-state index contributed by atoms with van der Waals surface area (Å²) in [7, 11) is 7.84. The van der Waals surface area contributed by atoms with Crippen LogP contribution < -0.4 is 16.0 Å². The Balaban J connectivity index is 1.92. The van der Waals surface area contributed by atoms with E-state index in [1.54, 1.807) is 19.5 Å². The number of aryl methyl sites for hydroxylation is 1. The van der Waals surface area contributed by atoms with E-state index in [0.717, 1.165) is 52.1 Å². The highest BCUT2D eigenvalue weighted by Crippen LogP contribution is 2.40. The Bertz CT molecular complexity index is 1720. The van der Waals surface area contributed by atoms with Gasteiger partial charge in [0.25, 0.3) is 0 Å². The monoisotopic (exact) mass is 560 g/mol. The number of aliphatic imine (C=N–C) groups is 1. The van der Waals surface area contributed by atoms with E-state index in [9.17, 15) is 10.1 Å². The van der Waals surface area contributed by atoms with Gasteiger partial charge in [-0.1, -0.05) is 30.8 Å². The van der Waals surface area contributed by atoms with Crippen molar-refractivity contribution in [1.82, 2.24) is 14.9 Å². The van der Waals surface area contributed by atoms with Crippen molar-refractivity contribution in [1.29, 1.82) is 5.26 Å². The molecule has 0 aliphatic heterocycles. The van der Waals surface area contributed by atoms with Crippen molar-refractivity contribution in [2.45, 2.75) is 6.92 Å². The van der Waals surface area contributed by atoms with Crippen molar-refractivity contribution in [2.24, 2.45) is 10.7 Å². The largest absolute Gasteiger partial charge is 0.390 e. The summed E-state index contributed by atoms with van der Waals surface area (Å²) in [6.07, 6.45) is 4.50. The third-order valence-corrected chi connectivity index (χ3v) is 7.08. The van der Waals surface area contributed by atoms with Crippen LogP contribution >= 0.6 is 0 Å². The smallest absolute Gasteiger partial charge is 0.247 e. The van der Waals surface area contributed by atoms with Crippen LogP contribution in [0.2, 0.25) is 0 Å². The van der Waals surface area contributed by atoms with E-state index in [-0.39, 0.29) is 11.6 Å². The fourth-order valence-corrected chi connectivity index (χ4v) is 4.68. The lowest BCUT2D eigenvalue weighted by atomic mass is 9.96. The summed E-state index contributed by atoms with van der Waals surface area (Å²) in [5.41, 5.74) is 14.3. The highest BCUT2D eigenvalue weighted by atomic mass is 16.1. The Labute approximate surface area is 246 Å². The highest BCUT2D eigenvalue weighted by Gasteiger charge is 2.19. The van der Waals surface area contributed by atoms with Crippen molar-refractivity contribution in [3.8, 4) is 28.5 Å². The summed E-state index contributed by atoms with van der Waals surface area (Å²) < 4.78 is 0. The van der Waals surface area contributed by atoms with E-state index in [2.05, 4.69) is 77.1 Å². The van der Waals surface area contributed by atoms with Crippen LogP contribution in [0.4, 0.5) is 11.4 Å². The van der Waals surface area contributed by atoms with Crippen molar-refractivity contribution >= 4 is 40.1 Å². The van der Waals surface area contributed by atoms with Crippen molar-refractivity contribution < 1.29 is 4.79 Å². The van der Waals surface area contributed by atoms with Gasteiger partial charge in [0.2, 0.25) is 5.91 Å². The lowest BCUT2D eigenvalue weighted by Gasteiger charge is -2.21. The molecule has 0 spiro atoms. The fourth-order valence-electron chi connectivity index (χ4n) is 4.68. The van der Waals surface area contributed by atoms with Gasteiger partial charge in [0, 0.05) is 73.1 Å². The Kier molecular flexibility index (Phi) is 9.20. The topological polar surface area (TPSA) is 126 Å². The molecule has 0 bridgehead atoms. The van der Waals surface area contributed by atoms with Gasteiger partial charge in [-0.05, 0) is 68.1 Å². The number of pyridine rings is 1. The Morgan fingerprint density at radius 3 is 2.50 bits per heavy atom. The van der Waals surface area contributed by atoms with Gasteiger partial charge >= 0.3 is 0 Å². The molecule has 4 aromatic rings. The van der Waals surface area contributed by atoms with Crippen molar-refractivity contribution in [3.63, 3.8) is 0 Å². The maximum absolute atomic E-state index is 12.2. The first-order valence-corrected chi connectivity index (χ1v) is 13.5. The normalized spacial score (nSPS) is 11.9. The molecule has 0 unspecified atom stereocenters. The second kappa shape index (κ2) is 13.0. The van der Waals surface area contributed by atoms with Gasteiger partial charge < -0.3 is 25.8 Å². The molecule has 4 rings (SSSR count). The highest BCUT2D eigenvalue weighted by molar-refractivity contribution is 6.13. The third kappa shape index (κ3) is 6.40. The van der Waals surface area contributed by atoms with Crippen LogP contribution in [0.1, 0.15) is 11.1 Å². The number of likely N-dealkylation sites (N-methyl/N-ethyl adjacent to an activating group) is 2. The predicted octanol–water partition coefficient (Wildman–Crippen LogP) is 5.22. The molecule has 42 heavy (non-hydrogen) atoms. The first-order chi connectivity index (χ1) is 20.2. The minimum absolute atomic E-state index is 0.0535. The molecule has 4 N–H and O–H groups in total. The van der Waals surface area contributed by atoms with Crippen LogP contribution in [-0.4, -0.2) is 68.3 Å². The number of nitrogens with zero attached hydrogens (tertiary/aromatic N) is 5. The minimum Gasteiger partial charge on any atom is -0.390 e. The first-order valence-electron chi connectivity index (χ1n) is 13.5.